The zero-order valence-electron chi connectivity index (χ0n) is 20.9. The first-order chi connectivity index (χ1) is 15.8. The lowest BCUT2D eigenvalue weighted by Gasteiger charge is -2.40. The maximum Gasteiger partial charge on any atom is 0.410 e. The molecule has 0 atom stereocenters. The number of thiazole rings is 1. The molecular formula is C24H35N5O4S. The molecule has 3 amide bonds. The summed E-state index contributed by atoms with van der Waals surface area (Å²) in [6, 6.07) is 5.94. The quantitative estimate of drug-likeness (QED) is 0.645. The van der Waals surface area contributed by atoms with Crippen LogP contribution in [0.5, 0.6) is 0 Å². The SMILES string of the molecule is Cc1ccc2nc(NC(=O)CN(C)C(=O)CNC3(C)CCN(C(=O)OC(C)(C)C)CC3)sc2c1. The molecule has 1 aliphatic rings. The van der Waals surface area contributed by atoms with Crippen LogP contribution in [-0.4, -0.2) is 77.1 Å². The lowest BCUT2D eigenvalue weighted by atomic mass is 9.89. The van der Waals surface area contributed by atoms with E-state index < -0.39 is 5.60 Å². The van der Waals surface area contributed by atoms with Gasteiger partial charge in [-0.3, -0.25) is 9.59 Å². The molecular weight excluding hydrogens is 454 g/mol. The molecule has 1 fully saturated rings. The molecule has 0 unspecified atom stereocenters. The van der Waals surface area contributed by atoms with Crippen LogP contribution in [0.4, 0.5) is 9.93 Å². The summed E-state index contributed by atoms with van der Waals surface area (Å²) in [4.78, 5) is 44.8. The predicted molar refractivity (Wildman–Crippen MR) is 134 cm³/mol. The average molecular weight is 490 g/mol. The van der Waals surface area contributed by atoms with Crippen molar-refractivity contribution in [2.45, 2.75) is 58.6 Å². The lowest BCUT2D eigenvalue weighted by Crippen LogP contribution is -2.55. The minimum atomic E-state index is -0.522. The Bertz CT molecular complexity index is 1050. The van der Waals surface area contributed by atoms with Crippen molar-refractivity contribution in [1.29, 1.82) is 0 Å². The molecule has 2 heterocycles. The van der Waals surface area contributed by atoms with Gasteiger partial charge in [0.1, 0.15) is 5.60 Å². The van der Waals surface area contributed by atoms with E-state index in [4.69, 9.17) is 4.74 Å². The summed E-state index contributed by atoms with van der Waals surface area (Å²) in [5, 5.41) is 6.63. The number of aromatic nitrogens is 1. The Hall–Kier alpha value is -2.72. The van der Waals surface area contributed by atoms with Crippen LogP contribution in [0, 0.1) is 6.92 Å². The number of benzene rings is 1. The number of carbonyl (C=O) groups is 3. The van der Waals surface area contributed by atoms with Crippen molar-refractivity contribution in [3.63, 3.8) is 0 Å². The number of fused-ring (bicyclic) bond motifs is 1. The molecule has 10 heteroatoms. The molecule has 1 saturated heterocycles. The van der Waals surface area contributed by atoms with Crippen LogP contribution in [0.15, 0.2) is 18.2 Å². The summed E-state index contributed by atoms with van der Waals surface area (Å²) in [5.74, 6) is -0.464. The molecule has 0 spiro atoms. The Morgan fingerprint density at radius 3 is 2.56 bits per heavy atom. The third-order valence-electron chi connectivity index (χ3n) is 5.78. The molecule has 0 saturated carbocycles. The summed E-state index contributed by atoms with van der Waals surface area (Å²) in [6.45, 7) is 10.8. The number of nitrogens with one attached hydrogen (secondary N) is 2. The van der Waals surface area contributed by atoms with Crippen LogP contribution in [0.3, 0.4) is 0 Å². The Kier molecular flexibility index (Phi) is 7.82. The number of likely N-dealkylation sites (N-methyl/N-ethyl adjacent to an activating group) is 1. The Morgan fingerprint density at radius 2 is 1.91 bits per heavy atom. The van der Waals surface area contributed by atoms with Crippen molar-refractivity contribution in [3.8, 4) is 0 Å². The van der Waals surface area contributed by atoms with Crippen LogP contribution in [0.2, 0.25) is 0 Å². The second-order valence-corrected chi connectivity index (χ2v) is 11.2. The van der Waals surface area contributed by atoms with Crippen molar-refractivity contribution < 1.29 is 19.1 Å². The number of anilines is 1. The summed E-state index contributed by atoms with van der Waals surface area (Å²) in [7, 11) is 1.61. The normalized spacial score (nSPS) is 15.8. The van der Waals surface area contributed by atoms with Crippen LogP contribution < -0.4 is 10.6 Å². The average Bonchev–Trinajstić information content (AvgIpc) is 3.12. The molecule has 1 aromatic carbocycles. The van der Waals surface area contributed by atoms with Gasteiger partial charge >= 0.3 is 6.09 Å². The number of nitrogens with zero attached hydrogens (tertiary/aromatic N) is 3. The highest BCUT2D eigenvalue weighted by molar-refractivity contribution is 7.22. The fraction of sp³-hybridized carbons (Fsp3) is 0.583. The van der Waals surface area contributed by atoms with Gasteiger partial charge in [-0.05, 0) is 65.2 Å². The van der Waals surface area contributed by atoms with Gasteiger partial charge in [0.25, 0.3) is 0 Å². The maximum atomic E-state index is 12.6. The number of carbonyl (C=O) groups excluding carboxylic acids is 3. The van der Waals surface area contributed by atoms with Gasteiger partial charge in [0, 0.05) is 25.7 Å². The van der Waals surface area contributed by atoms with E-state index in [0.717, 1.165) is 15.8 Å². The molecule has 34 heavy (non-hydrogen) atoms. The van der Waals surface area contributed by atoms with Gasteiger partial charge in [0.2, 0.25) is 11.8 Å². The standard InChI is InChI=1S/C24H35N5O4S/c1-16-7-8-17-18(13-16)34-21(26-17)27-19(30)15-28(6)20(31)14-25-24(5)9-11-29(12-10-24)22(32)33-23(2,3)4/h7-8,13,25H,9-12,14-15H2,1-6H3,(H,26,27,30). The van der Waals surface area contributed by atoms with E-state index in [9.17, 15) is 14.4 Å². The number of hydrogen-bond donors (Lipinski definition) is 2. The second kappa shape index (κ2) is 10.3. The van der Waals surface area contributed by atoms with E-state index >= 15 is 0 Å². The van der Waals surface area contributed by atoms with Crippen molar-refractivity contribution >= 4 is 44.6 Å². The first kappa shape index (κ1) is 25.9. The minimum absolute atomic E-state index is 0.0569. The first-order valence-electron chi connectivity index (χ1n) is 11.5. The fourth-order valence-corrected chi connectivity index (χ4v) is 4.64. The van der Waals surface area contributed by atoms with Crippen molar-refractivity contribution in [3.05, 3.63) is 23.8 Å². The van der Waals surface area contributed by atoms with Crippen molar-refractivity contribution in [2.75, 3.05) is 38.5 Å². The zero-order valence-corrected chi connectivity index (χ0v) is 21.7. The molecule has 1 aromatic heterocycles. The molecule has 2 N–H and O–H groups in total. The largest absolute Gasteiger partial charge is 0.444 e. The zero-order chi connectivity index (χ0) is 25.1. The minimum Gasteiger partial charge on any atom is -0.444 e. The molecule has 0 radical (unpaired) electrons. The summed E-state index contributed by atoms with van der Waals surface area (Å²) >= 11 is 1.41. The van der Waals surface area contributed by atoms with Gasteiger partial charge in [-0.1, -0.05) is 17.4 Å². The van der Waals surface area contributed by atoms with Gasteiger partial charge in [0.15, 0.2) is 5.13 Å². The number of rotatable bonds is 6. The molecule has 1 aliphatic heterocycles. The summed E-state index contributed by atoms with van der Waals surface area (Å²) < 4.78 is 6.45. The van der Waals surface area contributed by atoms with E-state index in [1.165, 1.54) is 16.2 Å². The maximum absolute atomic E-state index is 12.6. The summed E-state index contributed by atoms with van der Waals surface area (Å²) in [5.41, 5.74) is 1.18. The Labute approximate surface area is 204 Å². The second-order valence-electron chi connectivity index (χ2n) is 10.2. The third kappa shape index (κ3) is 7.14. The summed E-state index contributed by atoms with van der Waals surface area (Å²) in [6.07, 6.45) is 1.11. The monoisotopic (exact) mass is 489 g/mol. The number of likely N-dealkylation sites (tertiary alicyclic amines) is 1. The number of hydrogen-bond acceptors (Lipinski definition) is 7. The van der Waals surface area contributed by atoms with E-state index in [1.807, 2.05) is 52.8 Å². The highest BCUT2D eigenvalue weighted by Crippen LogP contribution is 2.26. The predicted octanol–water partition coefficient (Wildman–Crippen LogP) is 3.38. The Morgan fingerprint density at radius 1 is 1.24 bits per heavy atom. The van der Waals surface area contributed by atoms with E-state index in [1.54, 1.807) is 11.9 Å². The van der Waals surface area contributed by atoms with Gasteiger partial charge in [0.05, 0.1) is 23.3 Å². The van der Waals surface area contributed by atoms with Gasteiger partial charge in [-0.15, -0.1) is 0 Å². The molecule has 3 rings (SSSR count). The molecule has 2 aromatic rings. The van der Waals surface area contributed by atoms with Crippen molar-refractivity contribution in [2.24, 2.45) is 0 Å². The third-order valence-corrected chi connectivity index (χ3v) is 6.72. The smallest absolute Gasteiger partial charge is 0.410 e. The molecule has 0 aliphatic carbocycles. The van der Waals surface area contributed by atoms with E-state index in [0.29, 0.717) is 31.1 Å². The van der Waals surface area contributed by atoms with Crippen LogP contribution >= 0.6 is 11.3 Å². The van der Waals surface area contributed by atoms with Crippen LogP contribution in [0.25, 0.3) is 10.2 Å². The topological polar surface area (TPSA) is 104 Å². The number of aryl methyl sites for hydroxylation is 1. The van der Waals surface area contributed by atoms with Gasteiger partial charge in [-0.25, -0.2) is 9.78 Å². The fourth-order valence-electron chi connectivity index (χ4n) is 3.66. The molecule has 0 bridgehead atoms. The van der Waals surface area contributed by atoms with Crippen LogP contribution in [-0.2, 0) is 14.3 Å². The van der Waals surface area contributed by atoms with E-state index in [2.05, 4.69) is 15.6 Å². The molecule has 186 valence electrons. The van der Waals surface area contributed by atoms with Crippen LogP contribution in [0.1, 0.15) is 46.1 Å². The number of ether oxygens (including phenoxy) is 1. The molecule has 9 nitrogen and oxygen atoms in total. The lowest BCUT2D eigenvalue weighted by molar-refractivity contribution is -0.132. The van der Waals surface area contributed by atoms with E-state index in [-0.39, 0.29) is 36.5 Å². The Balaban J connectivity index is 1.43. The van der Waals surface area contributed by atoms with Gasteiger partial charge < -0.3 is 25.2 Å². The van der Waals surface area contributed by atoms with Crippen molar-refractivity contribution in [1.82, 2.24) is 20.1 Å². The van der Waals surface area contributed by atoms with Gasteiger partial charge in [-0.2, -0.15) is 0 Å². The highest BCUT2D eigenvalue weighted by Gasteiger charge is 2.34. The highest BCUT2D eigenvalue weighted by atomic mass is 32.1. The number of amides is 3. The first-order valence-corrected chi connectivity index (χ1v) is 12.3. The number of piperidine rings is 1.